The van der Waals surface area contributed by atoms with Crippen molar-refractivity contribution in [3.05, 3.63) is 52.7 Å². The maximum Gasteiger partial charge on any atom is 0.217 e. The van der Waals surface area contributed by atoms with Gasteiger partial charge in [0.1, 0.15) is 11.3 Å². The summed E-state index contributed by atoms with van der Waals surface area (Å²) in [5, 5.41) is 0.360. The molecule has 0 amide bonds. The number of benzene rings is 1. The van der Waals surface area contributed by atoms with Crippen molar-refractivity contribution in [2.24, 2.45) is 0 Å². The van der Waals surface area contributed by atoms with Crippen LogP contribution in [0.3, 0.4) is 0 Å². The third kappa shape index (κ3) is 2.66. The highest BCUT2D eigenvalue weighted by Gasteiger charge is 2.21. The van der Waals surface area contributed by atoms with Gasteiger partial charge in [0.15, 0.2) is 0 Å². The van der Waals surface area contributed by atoms with Crippen molar-refractivity contribution in [1.82, 2.24) is 4.98 Å². The molecule has 1 aliphatic carbocycles. The van der Waals surface area contributed by atoms with E-state index >= 15 is 0 Å². The van der Waals surface area contributed by atoms with Crippen LogP contribution in [0.2, 0.25) is 5.15 Å². The smallest absolute Gasteiger partial charge is 0.217 e. The van der Waals surface area contributed by atoms with Crippen molar-refractivity contribution in [3.63, 3.8) is 0 Å². The van der Waals surface area contributed by atoms with Crippen molar-refractivity contribution in [3.8, 4) is 5.88 Å². The van der Waals surface area contributed by atoms with Crippen molar-refractivity contribution in [2.45, 2.75) is 25.4 Å². The maximum atomic E-state index is 5.97. The highest BCUT2D eigenvalue weighted by molar-refractivity contribution is 6.29. The number of nitrogens with zero attached hydrogens (tertiary/aromatic N) is 1. The van der Waals surface area contributed by atoms with E-state index in [0.29, 0.717) is 16.7 Å². The van der Waals surface area contributed by atoms with Gasteiger partial charge < -0.3 is 10.5 Å². The third-order valence-corrected chi connectivity index (χ3v) is 3.56. The Morgan fingerprint density at radius 3 is 2.95 bits per heavy atom. The first-order valence-electron chi connectivity index (χ1n) is 6.40. The summed E-state index contributed by atoms with van der Waals surface area (Å²) in [6, 6.07) is 11.7. The minimum atomic E-state index is 0.0373. The Labute approximate surface area is 117 Å². The second kappa shape index (κ2) is 5.10. The summed E-state index contributed by atoms with van der Waals surface area (Å²) < 4.78 is 5.97. The van der Waals surface area contributed by atoms with E-state index in [1.54, 1.807) is 12.1 Å². The van der Waals surface area contributed by atoms with Crippen LogP contribution in [0.1, 0.15) is 30.1 Å². The number of pyridine rings is 1. The number of rotatable bonds is 2. The number of aryl methyl sites for hydroxylation is 1. The predicted octanol–water partition coefficient (Wildman–Crippen LogP) is 3.77. The van der Waals surface area contributed by atoms with Crippen molar-refractivity contribution >= 4 is 17.3 Å². The average Bonchev–Trinajstić information content (AvgIpc) is 2.38. The van der Waals surface area contributed by atoms with E-state index in [0.717, 1.165) is 19.3 Å². The highest BCUT2D eigenvalue weighted by atomic mass is 35.5. The normalized spacial score (nSPS) is 17.8. The fraction of sp³-hybridized carbons (Fsp3) is 0.267. The predicted molar refractivity (Wildman–Crippen MR) is 76.4 cm³/mol. The van der Waals surface area contributed by atoms with Crippen LogP contribution < -0.4 is 10.5 Å². The molecule has 1 heterocycles. The lowest BCUT2D eigenvalue weighted by Gasteiger charge is -2.25. The number of fused-ring (bicyclic) bond motifs is 1. The minimum Gasteiger partial charge on any atom is -0.469 e. The van der Waals surface area contributed by atoms with Gasteiger partial charge in [0.25, 0.3) is 0 Å². The van der Waals surface area contributed by atoms with Gasteiger partial charge in [-0.3, -0.25) is 0 Å². The first-order chi connectivity index (χ1) is 9.22. The fourth-order valence-corrected chi connectivity index (χ4v) is 2.74. The molecule has 1 aliphatic rings. The molecule has 0 bridgehead atoms. The number of ether oxygens (including phenoxy) is 1. The average molecular weight is 275 g/mol. The number of aromatic nitrogens is 1. The number of halogens is 1. The zero-order valence-electron chi connectivity index (χ0n) is 10.5. The third-order valence-electron chi connectivity index (χ3n) is 3.37. The molecule has 3 nitrogen and oxygen atoms in total. The molecular formula is C15H15ClN2O. The minimum absolute atomic E-state index is 0.0373. The molecule has 3 rings (SSSR count). The molecule has 1 aromatic heterocycles. The number of hydrogen-bond donors (Lipinski definition) is 1. The molecule has 2 N–H and O–H groups in total. The molecule has 1 unspecified atom stereocenters. The van der Waals surface area contributed by atoms with Crippen LogP contribution in [0.4, 0.5) is 5.69 Å². The zero-order valence-corrected chi connectivity index (χ0v) is 11.2. The fourth-order valence-electron chi connectivity index (χ4n) is 2.53. The molecule has 0 saturated carbocycles. The molecule has 19 heavy (non-hydrogen) atoms. The Hall–Kier alpha value is -1.74. The molecular weight excluding hydrogens is 260 g/mol. The molecule has 0 radical (unpaired) electrons. The summed E-state index contributed by atoms with van der Waals surface area (Å²) in [6.07, 6.45) is 3.26. The molecule has 1 atom stereocenters. The molecule has 98 valence electrons. The largest absolute Gasteiger partial charge is 0.469 e. The van der Waals surface area contributed by atoms with Gasteiger partial charge >= 0.3 is 0 Å². The van der Waals surface area contributed by atoms with Crippen LogP contribution in [0.15, 0.2) is 36.4 Å². The quantitative estimate of drug-likeness (QED) is 0.848. The zero-order chi connectivity index (χ0) is 13.2. The summed E-state index contributed by atoms with van der Waals surface area (Å²) in [6.45, 7) is 0. The monoisotopic (exact) mass is 274 g/mol. The van der Waals surface area contributed by atoms with Gasteiger partial charge in [0.2, 0.25) is 5.88 Å². The van der Waals surface area contributed by atoms with Gasteiger partial charge in [0, 0.05) is 11.8 Å². The van der Waals surface area contributed by atoms with Crippen LogP contribution in [-0.4, -0.2) is 4.98 Å². The van der Waals surface area contributed by atoms with Gasteiger partial charge in [-0.25, -0.2) is 4.98 Å². The van der Waals surface area contributed by atoms with E-state index in [9.17, 15) is 0 Å². The summed E-state index contributed by atoms with van der Waals surface area (Å²) in [5.74, 6) is 0.492. The SMILES string of the molecule is Nc1cc(Cl)nc(OC2CCCc3ccccc32)c1. The van der Waals surface area contributed by atoms with Crippen molar-refractivity contribution in [1.29, 1.82) is 0 Å². The van der Waals surface area contributed by atoms with Gasteiger partial charge in [-0.15, -0.1) is 0 Å². The van der Waals surface area contributed by atoms with Gasteiger partial charge in [-0.1, -0.05) is 35.9 Å². The number of hydrogen-bond acceptors (Lipinski definition) is 3. The lowest BCUT2D eigenvalue weighted by atomic mass is 9.89. The van der Waals surface area contributed by atoms with Gasteiger partial charge in [0.05, 0.1) is 0 Å². The van der Waals surface area contributed by atoms with E-state index in [1.165, 1.54) is 11.1 Å². The number of anilines is 1. The highest BCUT2D eigenvalue weighted by Crippen LogP contribution is 2.33. The Bertz CT molecular complexity index is 580. The van der Waals surface area contributed by atoms with Gasteiger partial charge in [-0.05, 0) is 36.5 Å². The second-order valence-electron chi connectivity index (χ2n) is 4.76. The lowest BCUT2D eigenvalue weighted by Crippen LogP contribution is -2.15. The van der Waals surface area contributed by atoms with Gasteiger partial charge in [-0.2, -0.15) is 0 Å². The summed E-state index contributed by atoms with van der Waals surface area (Å²) in [7, 11) is 0. The summed E-state index contributed by atoms with van der Waals surface area (Å²) in [5.41, 5.74) is 8.92. The van der Waals surface area contributed by atoms with E-state index < -0.39 is 0 Å². The van der Waals surface area contributed by atoms with Crippen molar-refractivity contribution < 1.29 is 4.74 Å². The molecule has 0 saturated heterocycles. The molecule has 1 aromatic carbocycles. The van der Waals surface area contributed by atoms with E-state index in [2.05, 4.69) is 23.2 Å². The second-order valence-corrected chi connectivity index (χ2v) is 5.15. The van der Waals surface area contributed by atoms with Crippen molar-refractivity contribution in [2.75, 3.05) is 5.73 Å². The lowest BCUT2D eigenvalue weighted by molar-refractivity contribution is 0.176. The Morgan fingerprint density at radius 2 is 2.11 bits per heavy atom. The van der Waals surface area contributed by atoms with E-state index in [-0.39, 0.29) is 6.10 Å². The first kappa shape index (κ1) is 12.3. The molecule has 0 aliphatic heterocycles. The molecule has 0 fully saturated rings. The first-order valence-corrected chi connectivity index (χ1v) is 6.78. The molecule has 0 spiro atoms. The summed E-state index contributed by atoms with van der Waals surface area (Å²) >= 11 is 5.90. The Balaban J connectivity index is 1.88. The maximum absolute atomic E-state index is 5.97. The van der Waals surface area contributed by atoms with E-state index in [1.807, 2.05) is 6.07 Å². The van der Waals surface area contributed by atoms with E-state index in [4.69, 9.17) is 22.1 Å². The summed E-state index contributed by atoms with van der Waals surface area (Å²) in [4.78, 5) is 4.16. The van der Waals surface area contributed by atoms with Crippen LogP contribution in [0, 0.1) is 0 Å². The Kier molecular flexibility index (Phi) is 3.30. The van der Waals surface area contributed by atoms with Crippen LogP contribution >= 0.6 is 11.6 Å². The van der Waals surface area contributed by atoms with Crippen LogP contribution in [-0.2, 0) is 6.42 Å². The Morgan fingerprint density at radius 1 is 1.26 bits per heavy atom. The number of nitrogen functional groups attached to an aromatic ring is 1. The van der Waals surface area contributed by atoms with Crippen LogP contribution in [0.5, 0.6) is 5.88 Å². The standard InChI is InChI=1S/C15H15ClN2O/c16-14-8-11(17)9-15(18-14)19-13-7-3-5-10-4-1-2-6-12(10)13/h1-2,4,6,8-9,13H,3,5,7H2,(H2,17,18). The number of nitrogens with two attached hydrogens (primary N) is 1. The molecule has 4 heteroatoms. The van der Waals surface area contributed by atoms with Crippen LogP contribution in [0.25, 0.3) is 0 Å². The molecule has 2 aromatic rings. The topological polar surface area (TPSA) is 48.1 Å².